The highest BCUT2D eigenvalue weighted by atomic mass is 16.2. The number of nitrogens with zero attached hydrogens (tertiary/aromatic N) is 4. The highest BCUT2D eigenvalue weighted by Crippen LogP contribution is 2.24. The number of hydrogen-bond acceptors (Lipinski definition) is 5. The number of likely N-dealkylation sites (N-methyl/N-ethyl adjacent to an activating group) is 1. The largest absolute Gasteiger partial charge is 0.365 e. The van der Waals surface area contributed by atoms with Crippen molar-refractivity contribution in [1.29, 1.82) is 0 Å². The van der Waals surface area contributed by atoms with Crippen LogP contribution in [-0.4, -0.2) is 58.9 Å². The van der Waals surface area contributed by atoms with Crippen LogP contribution in [0.5, 0.6) is 0 Å². The molecule has 1 aromatic carbocycles. The van der Waals surface area contributed by atoms with Crippen LogP contribution < -0.4 is 5.32 Å². The van der Waals surface area contributed by atoms with E-state index >= 15 is 0 Å². The fourth-order valence-electron chi connectivity index (χ4n) is 3.40. The minimum atomic E-state index is 0.0268. The predicted molar refractivity (Wildman–Crippen MR) is 115 cm³/mol. The Kier molecular flexibility index (Phi) is 5.81. The van der Waals surface area contributed by atoms with Gasteiger partial charge >= 0.3 is 0 Å². The summed E-state index contributed by atoms with van der Waals surface area (Å²) in [5.41, 5.74) is 3.51. The molecule has 1 N–H and O–H groups in total. The number of aromatic nitrogens is 2. The molecule has 4 rings (SSSR count). The smallest absolute Gasteiger partial charge is 0.257 e. The molecule has 0 aliphatic carbocycles. The summed E-state index contributed by atoms with van der Waals surface area (Å²) in [4.78, 5) is 26.3. The monoisotopic (exact) mass is 387 g/mol. The third-order valence-electron chi connectivity index (χ3n) is 5.17. The maximum absolute atomic E-state index is 13.2. The number of nitrogens with one attached hydrogen (secondary N) is 1. The summed E-state index contributed by atoms with van der Waals surface area (Å²) < 4.78 is 0. The number of carbonyl (C=O) groups is 1. The first-order valence-corrected chi connectivity index (χ1v) is 9.88. The molecule has 0 radical (unpaired) electrons. The van der Waals surface area contributed by atoms with Crippen molar-refractivity contribution in [2.45, 2.75) is 6.54 Å². The van der Waals surface area contributed by atoms with E-state index < -0.39 is 0 Å². The third kappa shape index (κ3) is 4.60. The van der Waals surface area contributed by atoms with Gasteiger partial charge in [0.05, 0.1) is 11.3 Å². The second kappa shape index (κ2) is 8.84. The third-order valence-corrected chi connectivity index (χ3v) is 5.17. The van der Waals surface area contributed by atoms with Crippen molar-refractivity contribution < 1.29 is 4.79 Å². The first-order valence-electron chi connectivity index (χ1n) is 9.88. The van der Waals surface area contributed by atoms with Gasteiger partial charge in [0, 0.05) is 50.7 Å². The number of anilines is 1. The molecule has 0 saturated carbocycles. The Morgan fingerprint density at radius 2 is 1.79 bits per heavy atom. The van der Waals surface area contributed by atoms with Gasteiger partial charge in [0.1, 0.15) is 5.82 Å². The SMILES string of the molecule is CN1CCN(C(=O)c2ccc(-c3ccccc3)nc2NCc2cccnc2)CC1. The lowest BCUT2D eigenvalue weighted by Gasteiger charge is -2.32. The summed E-state index contributed by atoms with van der Waals surface area (Å²) in [7, 11) is 2.08. The molecule has 1 aliphatic rings. The minimum Gasteiger partial charge on any atom is -0.365 e. The van der Waals surface area contributed by atoms with Gasteiger partial charge in [-0.15, -0.1) is 0 Å². The van der Waals surface area contributed by atoms with Crippen molar-refractivity contribution in [3.05, 3.63) is 78.1 Å². The number of pyridine rings is 2. The number of benzene rings is 1. The molecule has 2 aromatic heterocycles. The Morgan fingerprint density at radius 3 is 2.52 bits per heavy atom. The number of amides is 1. The van der Waals surface area contributed by atoms with Gasteiger partial charge in [-0.1, -0.05) is 36.4 Å². The molecule has 29 heavy (non-hydrogen) atoms. The van der Waals surface area contributed by atoms with E-state index in [4.69, 9.17) is 4.98 Å². The molecule has 1 amide bonds. The second-order valence-corrected chi connectivity index (χ2v) is 7.27. The summed E-state index contributed by atoms with van der Waals surface area (Å²) in [6.45, 7) is 3.80. The Hall–Kier alpha value is -3.25. The minimum absolute atomic E-state index is 0.0268. The number of rotatable bonds is 5. The van der Waals surface area contributed by atoms with Gasteiger partial charge in [0.25, 0.3) is 5.91 Å². The lowest BCUT2D eigenvalue weighted by atomic mass is 10.1. The lowest BCUT2D eigenvalue weighted by molar-refractivity contribution is 0.0664. The molecule has 0 unspecified atom stereocenters. The highest BCUT2D eigenvalue weighted by molar-refractivity contribution is 5.99. The molecule has 0 bridgehead atoms. The van der Waals surface area contributed by atoms with E-state index in [1.165, 1.54) is 0 Å². The molecular formula is C23H25N5O. The van der Waals surface area contributed by atoms with Crippen LogP contribution >= 0.6 is 0 Å². The highest BCUT2D eigenvalue weighted by Gasteiger charge is 2.23. The van der Waals surface area contributed by atoms with Gasteiger partial charge in [-0.25, -0.2) is 4.98 Å². The molecule has 1 fully saturated rings. The van der Waals surface area contributed by atoms with E-state index in [1.807, 2.05) is 65.7 Å². The maximum Gasteiger partial charge on any atom is 0.257 e. The Balaban J connectivity index is 1.63. The van der Waals surface area contributed by atoms with E-state index in [0.29, 0.717) is 17.9 Å². The van der Waals surface area contributed by atoms with Crippen molar-refractivity contribution in [3.8, 4) is 11.3 Å². The molecule has 3 heterocycles. The molecule has 0 atom stereocenters. The number of piperazine rings is 1. The summed E-state index contributed by atoms with van der Waals surface area (Å²) in [6.07, 6.45) is 3.57. The number of hydrogen-bond donors (Lipinski definition) is 1. The van der Waals surface area contributed by atoms with Crippen LogP contribution in [0.2, 0.25) is 0 Å². The molecule has 148 valence electrons. The zero-order chi connectivity index (χ0) is 20.1. The van der Waals surface area contributed by atoms with Crippen molar-refractivity contribution in [2.24, 2.45) is 0 Å². The molecule has 6 heteroatoms. The van der Waals surface area contributed by atoms with Gasteiger partial charge < -0.3 is 15.1 Å². The average Bonchev–Trinajstić information content (AvgIpc) is 2.79. The molecule has 6 nitrogen and oxygen atoms in total. The Bertz CT molecular complexity index is 954. The zero-order valence-electron chi connectivity index (χ0n) is 16.6. The molecule has 0 spiro atoms. The normalized spacial score (nSPS) is 14.6. The molecular weight excluding hydrogens is 362 g/mol. The van der Waals surface area contributed by atoms with Crippen LogP contribution in [0.25, 0.3) is 11.3 Å². The van der Waals surface area contributed by atoms with E-state index in [0.717, 1.165) is 43.0 Å². The van der Waals surface area contributed by atoms with Gasteiger partial charge in [0.2, 0.25) is 0 Å². The van der Waals surface area contributed by atoms with Crippen molar-refractivity contribution >= 4 is 11.7 Å². The first kappa shape index (κ1) is 19.1. The lowest BCUT2D eigenvalue weighted by Crippen LogP contribution is -2.47. The van der Waals surface area contributed by atoms with Crippen LogP contribution in [0.3, 0.4) is 0 Å². The summed E-state index contributed by atoms with van der Waals surface area (Å²) in [6, 6.07) is 17.7. The fourth-order valence-corrected chi connectivity index (χ4v) is 3.40. The molecule has 1 aliphatic heterocycles. The van der Waals surface area contributed by atoms with E-state index in [-0.39, 0.29) is 5.91 Å². The Morgan fingerprint density at radius 1 is 1.00 bits per heavy atom. The van der Waals surface area contributed by atoms with Gasteiger partial charge in [0.15, 0.2) is 0 Å². The van der Waals surface area contributed by atoms with Crippen molar-refractivity contribution in [1.82, 2.24) is 19.8 Å². The van der Waals surface area contributed by atoms with Crippen LogP contribution in [0.1, 0.15) is 15.9 Å². The van der Waals surface area contributed by atoms with Gasteiger partial charge in [-0.3, -0.25) is 9.78 Å². The van der Waals surface area contributed by atoms with Gasteiger partial charge in [-0.05, 0) is 30.8 Å². The number of carbonyl (C=O) groups excluding carboxylic acids is 1. The summed E-state index contributed by atoms with van der Waals surface area (Å²) >= 11 is 0. The maximum atomic E-state index is 13.2. The average molecular weight is 387 g/mol. The summed E-state index contributed by atoms with van der Waals surface area (Å²) in [5, 5.41) is 3.36. The van der Waals surface area contributed by atoms with Gasteiger partial charge in [-0.2, -0.15) is 0 Å². The van der Waals surface area contributed by atoms with Crippen LogP contribution in [-0.2, 0) is 6.54 Å². The second-order valence-electron chi connectivity index (χ2n) is 7.27. The van der Waals surface area contributed by atoms with Crippen LogP contribution in [0.4, 0.5) is 5.82 Å². The fraction of sp³-hybridized carbons (Fsp3) is 0.261. The zero-order valence-corrected chi connectivity index (χ0v) is 16.6. The van der Waals surface area contributed by atoms with Crippen LogP contribution in [0.15, 0.2) is 67.0 Å². The predicted octanol–water partition coefficient (Wildman–Crippen LogP) is 3.14. The standard InChI is InChI=1S/C23H25N5O/c1-27-12-14-28(15-13-27)23(29)20-9-10-21(19-7-3-2-4-8-19)26-22(20)25-17-18-6-5-11-24-16-18/h2-11,16H,12-15,17H2,1H3,(H,25,26). The van der Waals surface area contributed by atoms with E-state index in [2.05, 4.69) is 22.2 Å². The quantitative estimate of drug-likeness (QED) is 0.729. The van der Waals surface area contributed by atoms with E-state index in [1.54, 1.807) is 6.20 Å². The topological polar surface area (TPSA) is 61.4 Å². The van der Waals surface area contributed by atoms with Crippen molar-refractivity contribution in [2.75, 3.05) is 38.5 Å². The summed E-state index contributed by atoms with van der Waals surface area (Å²) in [5.74, 6) is 0.637. The molecule has 3 aromatic rings. The Labute approximate surface area is 171 Å². The van der Waals surface area contributed by atoms with E-state index in [9.17, 15) is 4.79 Å². The van der Waals surface area contributed by atoms with Crippen molar-refractivity contribution in [3.63, 3.8) is 0 Å². The molecule has 1 saturated heterocycles. The first-order chi connectivity index (χ1) is 14.2. The van der Waals surface area contributed by atoms with Crippen LogP contribution in [0, 0.1) is 0 Å².